The first-order valence-corrected chi connectivity index (χ1v) is 11.6. The predicted molar refractivity (Wildman–Crippen MR) is 115 cm³/mol. The molecule has 3 heteroatoms. The highest BCUT2D eigenvalue weighted by molar-refractivity contribution is 5.48. The number of hydrogen-bond donors (Lipinski definition) is 1. The van der Waals surface area contributed by atoms with E-state index in [0.29, 0.717) is 5.41 Å². The minimum atomic E-state index is 0.652. The average molecular weight is 370 g/mol. The van der Waals surface area contributed by atoms with Gasteiger partial charge in [-0.3, -0.25) is 0 Å². The maximum Gasteiger partial charge on any atom is 0.0366 e. The van der Waals surface area contributed by atoms with E-state index in [0.717, 1.165) is 19.0 Å². The summed E-state index contributed by atoms with van der Waals surface area (Å²) in [6, 6.07) is 10.3. The summed E-state index contributed by atoms with van der Waals surface area (Å²) in [5.74, 6) is 0. The van der Waals surface area contributed by atoms with E-state index >= 15 is 0 Å². The number of nitrogens with two attached hydrogens (primary N) is 1. The first-order valence-electron chi connectivity index (χ1n) is 11.6. The molecule has 0 unspecified atom stereocenters. The largest absolute Gasteiger partial charge is 0.371 e. The number of rotatable bonds is 7. The molecule has 1 spiro atoms. The Bertz CT molecular complexity index is 560. The van der Waals surface area contributed by atoms with E-state index < -0.39 is 0 Å². The van der Waals surface area contributed by atoms with E-state index in [1.54, 1.807) is 0 Å². The maximum absolute atomic E-state index is 5.58. The topological polar surface area (TPSA) is 32.5 Å². The highest BCUT2D eigenvalue weighted by Crippen LogP contribution is 2.43. The standard InChI is InChI=1S/C24H39N3/c25-16-3-1-2-5-21-8-10-23(11-9-21)27-19-14-24(15-20-27)12-17-26(18-13-24)22-6-4-7-22/h8-11,22H,1-7,12-20,25H2. The van der Waals surface area contributed by atoms with Gasteiger partial charge < -0.3 is 15.5 Å². The quantitative estimate of drug-likeness (QED) is 0.713. The number of likely N-dealkylation sites (tertiary alicyclic amines) is 1. The molecule has 2 N–H and O–H groups in total. The van der Waals surface area contributed by atoms with Gasteiger partial charge in [-0.05, 0) is 101 Å². The van der Waals surface area contributed by atoms with Crippen molar-refractivity contribution in [3.8, 4) is 0 Å². The second-order valence-corrected chi connectivity index (χ2v) is 9.37. The molecule has 2 heterocycles. The van der Waals surface area contributed by atoms with Crippen LogP contribution in [-0.4, -0.2) is 43.7 Å². The highest BCUT2D eigenvalue weighted by atomic mass is 15.2. The fourth-order valence-electron chi connectivity index (χ4n) is 5.38. The van der Waals surface area contributed by atoms with Crippen molar-refractivity contribution in [1.29, 1.82) is 0 Å². The molecule has 0 atom stereocenters. The van der Waals surface area contributed by atoms with Crippen LogP contribution in [0.4, 0.5) is 5.69 Å². The highest BCUT2D eigenvalue weighted by Gasteiger charge is 2.39. The number of anilines is 1. The van der Waals surface area contributed by atoms with Crippen molar-refractivity contribution in [3.05, 3.63) is 29.8 Å². The molecule has 0 aromatic heterocycles. The monoisotopic (exact) mass is 369 g/mol. The van der Waals surface area contributed by atoms with Gasteiger partial charge in [0.1, 0.15) is 0 Å². The average Bonchev–Trinajstić information content (AvgIpc) is 2.67. The number of benzene rings is 1. The van der Waals surface area contributed by atoms with E-state index in [-0.39, 0.29) is 0 Å². The van der Waals surface area contributed by atoms with Crippen LogP contribution in [0.1, 0.15) is 69.8 Å². The minimum Gasteiger partial charge on any atom is -0.371 e. The summed E-state index contributed by atoms with van der Waals surface area (Å²) >= 11 is 0. The van der Waals surface area contributed by atoms with Crippen LogP contribution < -0.4 is 10.6 Å². The molecule has 0 bridgehead atoms. The lowest BCUT2D eigenvalue weighted by atomic mass is 9.70. The smallest absolute Gasteiger partial charge is 0.0366 e. The SMILES string of the molecule is NCCCCCc1ccc(N2CCC3(CC2)CCN(C2CCC2)CC3)cc1. The van der Waals surface area contributed by atoms with Crippen molar-refractivity contribution >= 4 is 5.69 Å². The summed E-state index contributed by atoms with van der Waals surface area (Å²) in [5.41, 5.74) is 9.15. The van der Waals surface area contributed by atoms with Gasteiger partial charge in [-0.25, -0.2) is 0 Å². The Morgan fingerprint density at radius 3 is 2.11 bits per heavy atom. The fourth-order valence-corrected chi connectivity index (χ4v) is 5.38. The zero-order valence-electron chi connectivity index (χ0n) is 17.2. The van der Waals surface area contributed by atoms with Gasteiger partial charge in [-0.15, -0.1) is 0 Å². The molecule has 2 saturated heterocycles. The number of nitrogens with zero attached hydrogens (tertiary/aromatic N) is 2. The number of piperidine rings is 2. The van der Waals surface area contributed by atoms with Crippen LogP contribution >= 0.6 is 0 Å². The molecule has 2 aliphatic heterocycles. The number of unbranched alkanes of at least 4 members (excludes halogenated alkanes) is 2. The van der Waals surface area contributed by atoms with E-state index in [1.807, 2.05) is 0 Å². The van der Waals surface area contributed by atoms with Gasteiger partial charge in [0.05, 0.1) is 0 Å². The van der Waals surface area contributed by atoms with Crippen molar-refractivity contribution < 1.29 is 0 Å². The Hall–Kier alpha value is -1.06. The van der Waals surface area contributed by atoms with E-state index in [2.05, 4.69) is 34.1 Å². The van der Waals surface area contributed by atoms with E-state index in [4.69, 9.17) is 5.73 Å². The van der Waals surface area contributed by atoms with Crippen LogP contribution in [0, 0.1) is 5.41 Å². The molecule has 1 aliphatic carbocycles. The van der Waals surface area contributed by atoms with Crippen LogP contribution in [0.25, 0.3) is 0 Å². The summed E-state index contributed by atoms with van der Waals surface area (Å²) < 4.78 is 0. The third-order valence-electron chi connectivity index (χ3n) is 7.74. The minimum absolute atomic E-state index is 0.652. The van der Waals surface area contributed by atoms with E-state index in [9.17, 15) is 0 Å². The van der Waals surface area contributed by atoms with Crippen molar-refractivity contribution in [2.24, 2.45) is 11.1 Å². The molecular formula is C24H39N3. The molecule has 4 rings (SSSR count). The molecule has 0 radical (unpaired) electrons. The second-order valence-electron chi connectivity index (χ2n) is 9.37. The molecule has 3 aliphatic rings. The molecule has 1 saturated carbocycles. The van der Waals surface area contributed by atoms with Gasteiger partial charge >= 0.3 is 0 Å². The Balaban J connectivity index is 1.23. The van der Waals surface area contributed by atoms with Crippen LogP contribution in [0.5, 0.6) is 0 Å². The van der Waals surface area contributed by atoms with Crippen LogP contribution in [0.15, 0.2) is 24.3 Å². The van der Waals surface area contributed by atoms with Gasteiger partial charge in [0.2, 0.25) is 0 Å². The van der Waals surface area contributed by atoms with Crippen molar-refractivity contribution in [2.45, 2.75) is 76.7 Å². The third kappa shape index (κ3) is 4.68. The van der Waals surface area contributed by atoms with Gasteiger partial charge in [-0.2, -0.15) is 0 Å². The Kier molecular flexibility index (Phi) is 6.39. The van der Waals surface area contributed by atoms with Crippen LogP contribution in [0.2, 0.25) is 0 Å². The maximum atomic E-state index is 5.58. The Morgan fingerprint density at radius 1 is 0.852 bits per heavy atom. The molecule has 0 amide bonds. The number of aryl methyl sites for hydroxylation is 1. The zero-order valence-corrected chi connectivity index (χ0v) is 17.2. The molecule has 1 aromatic rings. The first kappa shape index (κ1) is 19.3. The van der Waals surface area contributed by atoms with Crippen molar-refractivity contribution in [3.63, 3.8) is 0 Å². The molecule has 3 nitrogen and oxygen atoms in total. The van der Waals surface area contributed by atoms with Gasteiger partial charge in [0.25, 0.3) is 0 Å². The lowest BCUT2D eigenvalue weighted by molar-refractivity contribution is 0.0306. The zero-order chi connectivity index (χ0) is 18.5. The summed E-state index contributed by atoms with van der Waals surface area (Å²) in [6.45, 7) is 6.06. The molecule has 150 valence electrons. The Labute approximate surface area is 166 Å². The summed E-state index contributed by atoms with van der Waals surface area (Å²) in [7, 11) is 0. The Morgan fingerprint density at radius 2 is 1.52 bits per heavy atom. The summed E-state index contributed by atoms with van der Waals surface area (Å²) in [6.07, 6.45) is 14.9. The molecular weight excluding hydrogens is 330 g/mol. The normalized spacial score (nSPS) is 23.5. The van der Waals surface area contributed by atoms with Gasteiger partial charge in [0.15, 0.2) is 0 Å². The fraction of sp³-hybridized carbons (Fsp3) is 0.750. The lowest BCUT2D eigenvalue weighted by Gasteiger charge is -2.50. The second kappa shape index (κ2) is 8.96. The third-order valence-corrected chi connectivity index (χ3v) is 7.74. The predicted octanol–water partition coefficient (Wildman–Crippen LogP) is 4.59. The van der Waals surface area contributed by atoms with Gasteiger partial charge in [0, 0.05) is 24.8 Å². The van der Waals surface area contributed by atoms with Crippen LogP contribution in [0.3, 0.4) is 0 Å². The van der Waals surface area contributed by atoms with E-state index in [1.165, 1.54) is 102 Å². The van der Waals surface area contributed by atoms with Crippen molar-refractivity contribution in [2.75, 3.05) is 37.6 Å². The van der Waals surface area contributed by atoms with Crippen molar-refractivity contribution in [1.82, 2.24) is 4.90 Å². The lowest BCUT2D eigenvalue weighted by Crippen LogP contribution is -2.50. The molecule has 27 heavy (non-hydrogen) atoms. The summed E-state index contributed by atoms with van der Waals surface area (Å²) in [4.78, 5) is 5.43. The van der Waals surface area contributed by atoms with Crippen LogP contribution in [-0.2, 0) is 6.42 Å². The summed E-state index contributed by atoms with van der Waals surface area (Å²) in [5, 5.41) is 0. The number of hydrogen-bond acceptors (Lipinski definition) is 3. The molecule has 1 aromatic carbocycles. The molecule has 3 fully saturated rings. The first-order chi connectivity index (χ1) is 13.3. The van der Waals surface area contributed by atoms with Gasteiger partial charge in [-0.1, -0.05) is 25.0 Å².